The first-order valence-electron chi connectivity index (χ1n) is 10.0. The second-order valence-corrected chi connectivity index (χ2v) is 7.26. The summed E-state index contributed by atoms with van der Waals surface area (Å²) in [5, 5.41) is 7.73. The van der Waals surface area contributed by atoms with E-state index in [2.05, 4.69) is 10.2 Å². The summed E-state index contributed by atoms with van der Waals surface area (Å²) in [5.41, 5.74) is 3.81. The molecule has 0 unspecified atom stereocenters. The lowest BCUT2D eigenvalue weighted by Crippen LogP contribution is -2.36. The number of carbonyl (C=O) groups is 1. The van der Waals surface area contributed by atoms with Crippen molar-refractivity contribution in [2.45, 2.75) is 13.5 Å². The SMILES string of the molecule is COc1cccc(-c2cn(CC(=O)Nc3ccccc3C)nc2N2CCOCC2)c1. The number of ether oxygens (including phenoxy) is 2. The highest BCUT2D eigenvalue weighted by atomic mass is 16.5. The molecule has 30 heavy (non-hydrogen) atoms. The number of anilines is 2. The molecule has 3 aromatic rings. The molecule has 1 aliphatic rings. The van der Waals surface area contributed by atoms with Crippen LogP contribution in [0, 0.1) is 6.92 Å². The van der Waals surface area contributed by atoms with Gasteiger partial charge < -0.3 is 19.7 Å². The molecular formula is C23H26N4O3. The van der Waals surface area contributed by atoms with Crippen molar-refractivity contribution in [3.05, 3.63) is 60.3 Å². The van der Waals surface area contributed by atoms with E-state index in [9.17, 15) is 4.79 Å². The van der Waals surface area contributed by atoms with Gasteiger partial charge in [0.2, 0.25) is 5.91 Å². The van der Waals surface area contributed by atoms with Crippen LogP contribution in [-0.4, -0.2) is 49.1 Å². The monoisotopic (exact) mass is 406 g/mol. The predicted octanol–water partition coefficient (Wildman–Crippen LogP) is 3.34. The quantitative estimate of drug-likeness (QED) is 0.680. The van der Waals surface area contributed by atoms with E-state index in [1.165, 1.54) is 0 Å². The Morgan fingerprint density at radius 1 is 1.17 bits per heavy atom. The minimum absolute atomic E-state index is 0.113. The van der Waals surface area contributed by atoms with Crippen molar-refractivity contribution < 1.29 is 14.3 Å². The lowest BCUT2D eigenvalue weighted by molar-refractivity contribution is -0.116. The summed E-state index contributed by atoms with van der Waals surface area (Å²) in [6.45, 7) is 4.97. The van der Waals surface area contributed by atoms with E-state index in [-0.39, 0.29) is 12.5 Å². The van der Waals surface area contributed by atoms with Gasteiger partial charge in [0.05, 0.1) is 20.3 Å². The summed E-state index contributed by atoms with van der Waals surface area (Å²) in [4.78, 5) is 14.8. The number of benzene rings is 2. The Labute approximate surface area is 176 Å². The fourth-order valence-corrected chi connectivity index (χ4v) is 3.55. The molecule has 1 fully saturated rings. The first kappa shape index (κ1) is 20.0. The van der Waals surface area contributed by atoms with Crippen LogP contribution in [0.25, 0.3) is 11.1 Å². The van der Waals surface area contributed by atoms with Gasteiger partial charge >= 0.3 is 0 Å². The highest BCUT2D eigenvalue weighted by Gasteiger charge is 2.21. The zero-order chi connectivity index (χ0) is 20.9. The van der Waals surface area contributed by atoms with Crippen LogP contribution in [0.2, 0.25) is 0 Å². The van der Waals surface area contributed by atoms with Gasteiger partial charge in [0.1, 0.15) is 12.3 Å². The number of amides is 1. The zero-order valence-corrected chi connectivity index (χ0v) is 17.3. The molecule has 1 aromatic heterocycles. The summed E-state index contributed by atoms with van der Waals surface area (Å²) in [6, 6.07) is 15.6. The van der Waals surface area contributed by atoms with E-state index in [0.717, 1.165) is 47.0 Å². The van der Waals surface area contributed by atoms with Crippen LogP contribution in [0.3, 0.4) is 0 Å². The number of nitrogens with zero attached hydrogens (tertiary/aromatic N) is 3. The van der Waals surface area contributed by atoms with E-state index < -0.39 is 0 Å². The van der Waals surface area contributed by atoms with Gasteiger partial charge in [0, 0.05) is 30.5 Å². The maximum Gasteiger partial charge on any atom is 0.246 e. The summed E-state index contributed by atoms with van der Waals surface area (Å²) in [5.74, 6) is 1.53. The lowest BCUT2D eigenvalue weighted by Gasteiger charge is -2.27. The average molecular weight is 406 g/mol. The number of carbonyl (C=O) groups excluding carboxylic acids is 1. The third kappa shape index (κ3) is 4.46. The highest BCUT2D eigenvalue weighted by Crippen LogP contribution is 2.32. The largest absolute Gasteiger partial charge is 0.497 e. The maximum absolute atomic E-state index is 12.6. The molecule has 1 N–H and O–H groups in total. The van der Waals surface area contributed by atoms with Gasteiger partial charge in [-0.3, -0.25) is 9.48 Å². The van der Waals surface area contributed by atoms with Gasteiger partial charge in [0.25, 0.3) is 0 Å². The topological polar surface area (TPSA) is 68.6 Å². The smallest absolute Gasteiger partial charge is 0.246 e. The first-order chi connectivity index (χ1) is 14.6. The average Bonchev–Trinajstić information content (AvgIpc) is 3.19. The Balaban J connectivity index is 1.61. The Morgan fingerprint density at radius 3 is 2.73 bits per heavy atom. The molecule has 7 nitrogen and oxygen atoms in total. The number of morpholine rings is 1. The van der Waals surface area contributed by atoms with Crippen LogP contribution >= 0.6 is 0 Å². The van der Waals surface area contributed by atoms with Crippen molar-refractivity contribution in [2.24, 2.45) is 0 Å². The van der Waals surface area contributed by atoms with Crippen molar-refractivity contribution >= 4 is 17.4 Å². The van der Waals surface area contributed by atoms with Crippen LogP contribution < -0.4 is 15.0 Å². The van der Waals surface area contributed by atoms with Crippen LogP contribution in [0.1, 0.15) is 5.56 Å². The molecule has 0 aliphatic carbocycles. The van der Waals surface area contributed by atoms with E-state index in [1.54, 1.807) is 11.8 Å². The minimum Gasteiger partial charge on any atom is -0.497 e. The number of methoxy groups -OCH3 is 1. The molecule has 7 heteroatoms. The standard InChI is InChI=1S/C23H26N4O3/c1-17-6-3-4-9-21(17)24-22(28)16-27-15-20(18-7-5-8-19(14-18)29-2)23(25-27)26-10-12-30-13-11-26/h3-9,14-15H,10-13,16H2,1-2H3,(H,24,28). The Morgan fingerprint density at radius 2 is 1.97 bits per heavy atom. The molecule has 1 aliphatic heterocycles. The molecule has 0 bridgehead atoms. The normalized spacial score (nSPS) is 13.9. The van der Waals surface area contributed by atoms with Crippen LogP contribution in [0.4, 0.5) is 11.5 Å². The van der Waals surface area contributed by atoms with E-state index in [0.29, 0.717) is 13.2 Å². The van der Waals surface area contributed by atoms with Gasteiger partial charge in [-0.05, 0) is 36.2 Å². The van der Waals surface area contributed by atoms with Gasteiger partial charge in [-0.2, -0.15) is 5.10 Å². The number of aryl methyl sites for hydroxylation is 1. The van der Waals surface area contributed by atoms with Crippen LogP contribution in [0.5, 0.6) is 5.75 Å². The van der Waals surface area contributed by atoms with Crippen LogP contribution in [0.15, 0.2) is 54.7 Å². The fraction of sp³-hybridized carbons (Fsp3) is 0.304. The maximum atomic E-state index is 12.6. The van der Waals surface area contributed by atoms with Crippen molar-refractivity contribution in [1.82, 2.24) is 9.78 Å². The molecule has 2 aromatic carbocycles. The highest BCUT2D eigenvalue weighted by molar-refractivity contribution is 5.91. The summed E-state index contributed by atoms with van der Waals surface area (Å²) >= 11 is 0. The van der Waals surface area contributed by atoms with Crippen molar-refractivity contribution in [2.75, 3.05) is 43.6 Å². The number of aromatic nitrogens is 2. The number of hydrogen-bond donors (Lipinski definition) is 1. The Bertz CT molecular complexity index is 1020. The van der Waals surface area contributed by atoms with Gasteiger partial charge in [0.15, 0.2) is 5.82 Å². The van der Waals surface area contributed by atoms with Gasteiger partial charge in [-0.25, -0.2) is 0 Å². The van der Waals surface area contributed by atoms with Gasteiger partial charge in [-0.15, -0.1) is 0 Å². The molecule has 156 valence electrons. The van der Waals surface area contributed by atoms with E-state index in [4.69, 9.17) is 14.6 Å². The van der Waals surface area contributed by atoms with Crippen LogP contribution in [-0.2, 0) is 16.1 Å². The summed E-state index contributed by atoms with van der Waals surface area (Å²) in [7, 11) is 1.65. The molecule has 0 spiro atoms. The molecule has 4 rings (SSSR count). The Kier molecular flexibility index (Phi) is 5.99. The third-order valence-corrected chi connectivity index (χ3v) is 5.16. The molecule has 0 saturated carbocycles. The minimum atomic E-state index is -0.113. The number of rotatable bonds is 6. The second-order valence-electron chi connectivity index (χ2n) is 7.26. The molecule has 0 atom stereocenters. The van der Waals surface area contributed by atoms with Crippen molar-refractivity contribution in [3.8, 4) is 16.9 Å². The number of para-hydroxylation sites is 1. The van der Waals surface area contributed by atoms with Crippen molar-refractivity contribution in [3.63, 3.8) is 0 Å². The summed E-state index contributed by atoms with van der Waals surface area (Å²) in [6.07, 6.45) is 1.93. The number of hydrogen-bond acceptors (Lipinski definition) is 5. The molecule has 2 heterocycles. The van der Waals surface area contributed by atoms with E-state index in [1.807, 2.05) is 61.7 Å². The molecular weight excluding hydrogens is 380 g/mol. The second kappa shape index (κ2) is 9.00. The molecule has 1 amide bonds. The lowest BCUT2D eigenvalue weighted by atomic mass is 10.1. The predicted molar refractivity (Wildman–Crippen MR) is 117 cm³/mol. The number of nitrogens with one attached hydrogen (secondary N) is 1. The zero-order valence-electron chi connectivity index (χ0n) is 17.3. The van der Waals surface area contributed by atoms with Crippen molar-refractivity contribution in [1.29, 1.82) is 0 Å². The van der Waals surface area contributed by atoms with Gasteiger partial charge in [-0.1, -0.05) is 30.3 Å². The third-order valence-electron chi connectivity index (χ3n) is 5.16. The fourth-order valence-electron chi connectivity index (χ4n) is 3.55. The summed E-state index contributed by atoms with van der Waals surface area (Å²) < 4.78 is 12.6. The van der Waals surface area contributed by atoms with E-state index >= 15 is 0 Å². The molecule has 1 saturated heterocycles. The molecule has 0 radical (unpaired) electrons. The Hall–Kier alpha value is -3.32. The first-order valence-corrected chi connectivity index (χ1v) is 10.0.